The number of carbonyl (C=O) groups excluding carboxylic acids is 1. The molecule has 2 N–H and O–H groups in total. The van der Waals surface area contributed by atoms with E-state index >= 15 is 0 Å². The first kappa shape index (κ1) is 16.8. The summed E-state index contributed by atoms with van der Waals surface area (Å²) in [6, 6.07) is 19.3. The van der Waals surface area contributed by atoms with Crippen molar-refractivity contribution in [2.24, 2.45) is 5.73 Å². The van der Waals surface area contributed by atoms with Gasteiger partial charge in [0.1, 0.15) is 0 Å². The molecule has 0 saturated heterocycles. The first-order chi connectivity index (χ1) is 11.3. The fraction of sp³-hybridized carbons (Fsp3) is 0.211. The lowest BCUT2D eigenvalue weighted by Gasteiger charge is -2.21. The molecule has 0 aromatic heterocycles. The van der Waals surface area contributed by atoms with Crippen molar-refractivity contribution in [3.63, 3.8) is 0 Å². The maximum Gasteiger partial charge on any atom is 0.509 e. The molecule has 0 spiro atoms. The Morgan fingerprint density at radius 3 is 2.26 bits per heavy atom. The van der Waals surface area contributed by atoms with E-state index in [0.29, 0.717) is 6.54 Å². The van der Waals surface area contributed by atoms with Gasteiger partial charge in [-0.05, 0) is 18.1 Å². The van der Waals surface area contributed by atoms with Gasteiger partial charge in [0.05, 0.1) is 6.61 Å². The Morgan fingerprint density at radius 1 is 1.09 bits per heavy atom. The molecule has 0 heterocycles. The van der Waals surface area contributed by atoms with Crippen molar-refractivity contribution < 1.29 is 14.3 Å². The zero-order valence-corrected chi connectivity index (χ0v) is 13.1. The van der Waals surface area contributed by atoms with Crippen molar-refractivity contribution in [1.82, 2.24) is 0 Å². The quantitative estimate of drug-likeness (QED) is 0.821. The molecule has 23 heavy (non-hydrogen) atoms. The van der Waals surface area contributed by atoms with E-state index in [4.69, 9.17) is 15.2 Å². The Balaban J connectivity index is 2.41. The monoisotopic (exact) mass is 311 g/mol. The number of ether oxygens (including phenoxy) is 2. The molecule has 0 radical (unpaired) electrons. The minimum Gasteiger partial charge on any atom is -0.435 e. The molecule has 4 nitrogen and oxygen atoms in total. The Hall–Kier alpha value is -2.59. The van der Waals surface area contributed by atoms with Gasteiger partial charge in [-0.3, -0.25) is 0 Å². The Labute approximate surface area is 136 Å². The molecule has 4 heteroatoms. The van der Waals surface area contributed by atoms with Gasteiger partial charge in [-0.15, -0.1) is 0 Å². The number of rotatable bonds is 6. The molecule has 2 rings (SSSR count). The van der Waals surface area contributed by atoms with Crippen LogP contribution < -0.4 is 5.73 Å². The average Bonchev–Trinajstić information content (AvgIpc) is 2.60. The Bertz CT molecular complexity index is 638. The third-order valence-electron chi connectivity index (χ3n) is 3.31. The highest BCUT2D eigenvalue weighted by Crippen LogP contribution is 2.33. The molecule has 2 aromatic rings. The van der Waals surface area contributed by atoms with E-state index in [-0.39, 0.29) is 6.61 Å². The van der Waals surface area contributed by atoms with Crippen LogP contribution in [0.4, 0.5) is 4.79 Å². The van der Waals surface area contributed by atoms with Crippen LogP contribution in [-0.4, -0.2) is 19.3 Å². The molecule has 0 aliphatic carbocycles. The summed E-state index contributed by atoms with van der Waals surface area (Å²) in [6.45, 7) is 2.36. The van der Waals surface area contributed by atoms with E-state index in [1.807, 2.05) is 66.7 Å². The topological polar surface area (TPSA) is 61.5 Å². The second-order valence-electron chi connectivity index (χ2n) is 4.85. The van der Waals surface area contributed by atoms with Gasteiger partial charge in [0.25, 0.3) is 0 Å². The Morgan fingerprint density at radius 2 is 1.70 bits per heavy atom. The van der Waals surface area contributed by atoms with Crippen LogP contribution in [0.25, 0.3) is 5.57 Å². The highest BCUT2D eigenvalue weighted by Gasteiger charge is 2.23. The standard InChI is InChI=1S/C19H21NO3/c1-2-22-19(21)23-18(16-11-7-4-8-12-16)17(13-14-20)15-9-5-3-6-10-15/h3-13,18H,2,14,20H2,1H3. The molecule has 2 aromatic carbocycles. The van der Waals surface area contributed by atoms with Gasteiger partial charge < -0.3 is 15.2 Å². The van der Waals surface area contributed by atoms with E-state index in [1.165, 1.54) is 0 Å². The van der Waals surface area contributed by atoms with Crippen LogP contribution in [0.2, 0.25) is 0 Å². The number of carbonyl (C=O) groups is 1. The van der Waals surface area contributed by atoms with Gasteiger partial charge in [-0.25, -0.2) is 4.79 Å². The first-order valence-electron chi connectivity index (χ1n) is 7.60. The second kappa shape index (κ2) is 8.76. The Kier molecular flexibility index (Phi) is 6.39. The summed E-state index contributed by atoms with van der Waals surface area (Å²) in [5.41, 5.74) is 8.38. The maximum absolute atomic E-state index is 11.9. The van der Waals surface area contributed by atoms with Gasteiger partial charge in [-0.1, -0.05) is 66.7 Å². The molecule has 1 atom stereocenters. The normalized spacial score (nSPS) is 12.5. The average molecular weight is 311 g/mol. The lowest BCUT2D eigenvalue weighted by atomic mass is 9.94. The SMILES string of the molecule is CCOC(=O)OC(C(=CCN)c1ccccc1)c1ccccc1. The number of nitrogens with two attached hydrogens (primary N) is 1. The number of hydrogen-bond donors (Lipinski definition) is 1. The van der Waals surface area contributed by atoms with Crippen LogP contribution >= 0.6 is 0 Å². The van der Waals surface area contributed by atoms with Crippen LogP contribution in [-0.2, 0) is 9.47 Å². The van der Waals surface area contributed by atoms with Crippen molar-refractivity contribution in [3.05, 3.63) is 77.9 Å². The van der Waals surface area contributed by atoms with Crippen LogP contribution in [0.5, 0.6) is 0 Å². The fourth-order valence-electron chi connectivity index (χ4n) is 2.32. The van der Waals surface area contributed by atoms with E-state index in [9.17, 15) is 4.79 Å². The minimum atomic E-state index is -0.694. The van der Waals surface area contributed by atoms with Crippen LogP contribution in [0.1, 0.15) is 24.2 Å². The fourth-order valence-corrected chi connectivity index (χ4v) is 2.32. The second-order valence-corrected chi connectivity index (χ2v) is 4.85. The number of hydrogen-bond acceptors (Lipinski definition) is 4. The van der Waals surface area contributed by atoms with Crippen LogP contribution in [0, 0.1) is 0 Å². The zero-order chi connectivity index (χ0) is 16.5. The summed E-state index contributed by atoms with van der Waals surface area (Å²) in [5, 5.41) is 0. The summed E-state index contributed by atoms with van der Waals surface area (Å²) in [5.74, 6) is 0. The van der Waals surface area contributed by atoms with E-state index in [0.717, 1.165) is 16.7 Å². The number of benzene rings is 2. The molecular weight excluding hydrogens is 290 g/mol. The van der Waals surface area contributed by atoms with Gasteiger partial charge in [0.2, 0.25) is 0 Å². The molecular formula is C19H21NO3. The minimum absolute atomic E-state index is 0.265. The van der Waals surface area contributed by atoms with E-state index < -0.39 is 12.3 Å². The molecule has 1 unspecified atom stereocenters. The summed E-state index contributed by atoms with van der Waals surface area (Å²) in [7, 11) is 0. The summed E-state index contributed by atoms with van der Waals surface area (Å²) >= 11 is 0. The lowest BCUT2D eigenvalue weighted by Crippen LogP contribution is -2.15. The summed E-state index contributed by atoms with van der Waals surface area (Å²) in [4.78, 5) is 11.9. The molecule has 0 saturated carbocycles. The predicted octanol–water partition coefficient (Wildman–Crippen LogP) is 3.94. The third-order valence-corrected chi connectivity index (χ3v) is 3.31. The van der Waals surface area contributed by atoms with Crippen molar-refractivity contribution in [2.45, 2.75) is 13.0 Å². The van der Waals surface area contributed by atoms with Gasteiger partial charge in [0, 0.05) is 12.1 Å². The van der Waals surface area contributed by atoms with Crippen molar-refractivity contribution in [2.75, 3.05) is 13.2 Å². The highest BCUT2D eigenvalue weighted by atomic mass is 16.7. The smallest absolute Gasteiger partial charge is 0.435 e. The van der Waals surface area contributed by atoms with Crippen molar-refractivity contribution in [3.8, 4) is 0 Å². The summed E-state index contributed by atoms with van der Waals surface area (Å²) in [6.07, 6.45) is 0.605. The zero-order valence-electron chi connectivity index (χ0n) is 13.1. The maximum atomic E-state index is 11.9. The molecule has 0 aliphatic heterocycles. The molecule has 120 valence electrons. The van der Waals surface area contributed by atoms with Crippen molar-refractivity contribution >= 4 is 11.7 Å². The van der Waals surface area contributed by atoms with Crippen LogP contribution in [0.15, 0.2) is 66.7 Å². The van der Waals surface area contributed by atoms with Gasteiger partial charge >= 0.3 is 6.16 Å². The summed E-state index contributed by atoms with van der Waals surface area (Å²) < 4.78 is 10.5. The van der Waals surface area contributed by atoms with E-state index in [1.54, 1.807) is 6.92 Å². The largest absolute Gasteiger partial charge is 0.509 e. The van der Waals surface area contributed by atoms with Crippen molar-refractivity contribution in [1.29, 1.82) is 0 Å². The predicted molar refractivity (Wildman–Crippen MR) is 90.8 cm³/mol. The lowest BCUT2D eigenvalue weighted by molar-refractivity contribution is 0.0427. The highest BCUT2D eigenvalue weighted by molar-refractivity contribution is 5.73. The molecule has 0 bridgehead atoms. The van der Waals surface area contributed by atoms with Gasteiger partial charge in [-0.2, -0.15) is 0 Å². The molecule has 0 fully saturated rings. The first-order valence-corrected chi connectivity index (χ1v) is 7.60. The molecule has 0 amide bonds. The van der Waals surface area contributed by atoms with Gasteiger partial charge in [0.15, 0.2) is 6.10 Å². The van der Waals surface area contributed by atoms with Crippen LogP contribution in [0.3, 0.4) is 0 Å². The third kappa shape index (κ3) is 4.69. The van der Waals surface area contributed by atoms with E-state index in [2.05, 4.69) is 0 Å². The molecule has 0 aliphatic rings.